The Hall–Kier alpha value is -1.26. The minimum absolute atomic E-state index is 0.0673. The molecule has 1 saturated heterocycles. The van der Waals surface area contributed by atoms with Crippen LogP contribution in [0.25, 0.3) is 0 Å². The summed E-state index contributed by atoms with van der Waals surface area (Å²) >= 11 is 11.7. The monoisotopic (exact) mass is 272 g/mol. The van der Waals surface area contributed by atoms with Crippen LogP contribution in [0.4, 0.5) is 0 Å². The average molecular weight is 273 g/mol. The number of nitrogens with zero attached hydrogens (tertiary/aromatic N) is 1. The third-order valence-corrected chi connectivity index (χ3v) is 3.03. The molecule has 6 heteroatoms. The van der Waals surface area contributed by atoms with E-state index in [1.54, 1.807) is 12.1 Å². The molecule has 0 saturated carbocycles. The molecule has 0 spiro atoms. The van der Waals surface area contributed by atoms with E-state index in [9.17, 15) is 9.59 Å². The Labute approximate surface area is 108 Å². The van der Waals surface area contributed by atoms with Crippen molar-refractivity contribution in [3.63, 3.8) is 0 Å². The summed E-state index contributed by atoms with van der Waals surface area (Å²) in [7, 11) is 0. The summed E-state index contributed by atoms with van der Waals surface area (Å²) in [6, 6.07) is 4.69. The number of hydrogen-bond donors (Lipinski definition) is 1. The summed E-state index contributed by atoms with van der Waals surface area (Å²) in [5, 5.41) is 3.43. The molecule has 4 nitrogen and oxygen atoms in total. The number of rotatable bonds is 1. The molecule has 0 atom stereocenters. The molecule has 1 fully saturated rings. The minimum Gasteiger partial charge on any atom is -0.353 e. The molecule has 1 aromatic rings. The van der Waals surface area contributed by atoms with Crippen LogP contribution in [0.3, 0.4) is 0 Å². The number of amides is 2. The molecular formula is C11H10Cl2N2O2. The third kappa shape index (κ3) is 2.70. The molecule has 0 radical (unpaired) electrons. The Morgan fingerprint density at radius 1 is 1.35 bits per heavy atom. The Morgan fingerprint density at radius 2 is 2.12 bits per heavy atom. The lowest BCUT2D eigenvalue weighted by Gasteiger charge is -2.26. The summed E-state index contributed by atoms with van der Waals surface area (Å²) in [6.45, 7) is 1.02. The quantitative estimate of drug-likeness (QED) is 0.844. The zero-order chi connectivity index (χ0) is 12.4. The second-order valence-electron chi connectivity index (χ2n) is 3.70. The summed E-state index contributed by atoms with van der Waals surface area (Å²) in [5.74, 6) is -0.406. The topological polar surface area (TPSA) is 49.4 Å². The van der Waals surface area contributed by atoms with E-state index < -0.39 is 0 Å². The summed E-state index contributed by atoms with van der Waals surface area (Å²) < 4.78 is 0. The van der Waals surface area contributed by atoms with Crippen molar-refractivity contribution in [1.82, 2.24) is 10.2 Å². The standard InChI is InChI=1S/C11H10Cl2N2O2/c12-7-1-2-8(9(13)5-7)11(17)15-4-3-14-10(16)6-15/h1-2,5H,3-4,6H2,(H,14,16). The fraction of sp³-hybridized carbons (Fsp3) is 0.273. The number of piperazine rings is 1. The first-order valence-electron chi connectivity index (χ1n) is 5.09. The zero-order valence-corrected chi connectivity index (χ0v) is 10.4. The molecule has 90 valence electrons. The average Bonchev–Trinajstić information content (AvgIpc) is 2.28. The SMILES string of the molecule is O=C1CN(C(=O)c2ccc(Cl)cc2Cl)CCN1. The summed E-state index contributed by atoms with van der Waals surface area (Å²) in [6.07, 6.45) is 0. The number of hydrogen-bond acceptors (Lipinski definition) is 2. The Morgan fingerprint density at radius 3 is 2.76 bits per heavy atom. The van der Waals surface area contributed by atoms with Gasteiger partial charge in [-0.15, -0.1) is 0 Å². The number of carbonyl (C=O) groups excluding carboxylic acids is 2. The van der Waals surface area contributed by atoms with Gasteiger partial charge in [0.15, 0.2) is 0 Å². The van der Waals surface area contributed by atoms with E-state index in [1.807, 2.05) is 0 Å². The Bertz CT molecular complexity index is 477. The molecule has 2 rings (SSSR count). The van der Waals surface area contributed by atoms with Crippen molar-refractivity contribution < 1.29 is 9.59 Å². The van der Waals surface area contributed by atoms with E-state index in [0.717, 1.165) is 0 Å². The molecule has 0 aromatic heterocycles. The van der Waals surface area contributed by atoms with Gasteiger partial charge in [-0.3, -0.25) is 9.59 Å². The van der Waals surface area contributed by atoms with Crippen LogP contribution in [0.5, 0.6) is 0 Å². The molecule has 0 aliphatic carbocycles. The highest BCUT2D eigenvalue weighted by Crippen LogP contribution is 2.22. The fourth-order valence-electron chi connectivity index (χ4n) is 1.65. The highest BCUT2D eigenvalue weighted by Gasteiger charge is 2.23. The van der Waals surface area contributed by atoms with Crippen molar-refractivity contribution in [2.75, 3.05) is 19.6 Å². The van der Waals surface area contributed by atoms with Gasteiger partial charge in [-0.25, -0.2) is 0 Å². The number of nitrogens with one attached hydrogen (secondary N) is 1. The molecular weight excluding hydrogens is 263 g/mol. The van der Waals surface area contributed by atoms with Crippen molar-refractivity contribution in [3.05, 3.63) is 33.8 Å². The van der Waals surface area contributed by atoms with Gasteiger partial charge in [-0.2, -0.15) is 0 Å². The smallest absolute Gasteiger partial charge is 0.255 e. The molecule has 2 amide bonds. The third-order valence-electron chi connectivity index (χ3n) is 2.49. The minimum atomic E-state index is -0.249. The van der Waals surface area contributed by atoms with Gasteiger partial charge in [-0.05, 0) is 18.2 Å². The number of carbonyl (C=O) groups is 2. The Kier molecular flexibility index (Phi) is 3.54. The summed E-state index contributed by atoms with van der Waals surface area (Å²) in [5.41, 5.74) is 0.366. The van der Waals surface area contributed by atoms with Crippen LogP contribution >= 0.6 is 23.2 Å². The van der Waals surface area contributed by atoms with E-state index in [0.29, 0.717) is 28.7 Å². The van der Waals surface area contributed by atoms with Crippen molar-refractivity contribution in [3.8, 4) is 0 Å². The molecule has 1 aliphatic rings. The lowest BCUT2D eigenvalue weighted by molar-refractivity contribution is -0.123. The van der Waals surface area contributed by atoms with Gasteiger partial charge in [0.25, 0.3) is 5.91 Å². The first-order chi connectivity index (χ1) is 8.08. The molecule has 17 heavy (non-hydrogen) atoms. The van der Waals surface area contributed by atoms with Crippen molar-refractivity contribution in [2.45, 2.75) is 0 Å². The first-order valence-corrected chi connectivity index (χ1v) is 5.84. The van der Waals surface area contributed by atoms with E-state index in [1.165, 1.54) is 11.0 Å². The number of benzene rings is 1. The fourth-order valence-corrected chi connectivity index (χ4v) is 2.13. The predicted octanol–water partition coefficient (Wildman–Crippen LogP) is 1.57. The number of halogens is 2. The largest absolute Gasteiger partial charge is 0.353 e. The van der Waals surface area contributed by atoms with Gasteiger partial charge in [0.1, 0.15) is 0 Å². The van der Waals surface area contributed by atoms with Crippen LogP contribution in [0.15, 0.2) is 18.2 Å². The van der Waals surface area contributed by atoms with Gasteiger partial charge in [0.2, 0.25) is 5.91 Å². The Balaban J connectivity index is 2.21. The second kappa shape index (κ2) is 4.94. The van der Waals surface area contributed by atoms with Crippen molar-refractivity contribution >= 4 is 35.0 Å². The maximum Gasteiger partial charge on any atom is 0.255 e. The lowest BCUT2D eigenvalue weighted by Crippen LogP contribution is -2.50. The maximum absolute atomic E-state index is 12.1. The maximum atomic E-state index is 12.1. The van der Waals surface area contributed by atoms with Crippen molar-refractivity contribution in [1.29, 1.82) is 0 Å². The molecule has 1 aliphatic heterocycles. The van der Waals surface area contributed by atoms with Crippen LogP contribution in [0.2, 0.25) is 10.0 Å². The normalized spacial score (nSPS) is 15.6. The van der Waals surface area contributed by atoms with Crippen LogP contribution in [-0.2, 0) is 4.79 Å². The van der Waals surface area contributed by atoms with Crippen LogP contribution in [0, 0.1) is 0 Å². The zero-order valence-electron chi connectivity index (χ0n) is 8.87. The first kappa shape index (κ1) is 12.2. The van der Waals surface area contributed by atoms with E-state index >= 15 is 0 Å². The van der Waals surface area contributed by atoms with Gasteiger partial charge in [0.05, 0.1) is 17.1 Å². The van der Waals surface area contributed by atoms with E-state index in [-0.39, 0.29) is 18.4 Å². The van der Waals surface area contributed by atoms with Gasteiger partial charge in [-0.1, -0.05) is 23.2 Å². The van der Waals surface area contributed by atoms with E-state index in [4.69, 9.17) is 23.2 Å². The molecule has 0 unspecified atom stereocenters. The highest BCUT2D eigenvalue weighted by atomic mass is 35.5. The van der Waals surface area contributed by atoms with Gasteiger partial charge < -0.3 is 10.2 Å². The van der Waals surface area contributed by atoms with Crippen LogP contribution in [-0.4, -0.2) is 36.3 Å². The predicted molar refractivity (Wildman–Crippen MR) is 65.4 cm³/mol. The molecule has 0 bridgehead atoms. The van der Waals surface area contributed by atoms with Gasteiger partial charge in [0, 0.05) is 18.1 Å². The van der Waals surface area contributed by atoms with E-state index in [2.05, 4.69) is 5.32 Å². The molecule has 1 heterocycles. The van der Waals surface area contributed by atoms with Gasteiger partial charge >= 0.3 is 0 Å². The molecule has 1 aromatic carbocycles. The highest BCUT2D eigenvalue weighted by molar-refractivity contribution is 6.36. The lowest BCUT2D eigenvalue weighted by atomic mass is 10.2. The van der Waals surface area contributed by atoms with Crippen molar-refractivity contribution in [2.24, 2.45) is 0 Å². The van der Waals surface area contributed by atoms with Crippen LogP contribution in [0.1, 0.15) is 10.4 Å². The summed E-state index contributed by atoms with van der Waals surface area (Å²) in [4.78, 5) is 24.8. The second-order valence-corrected chi connectivity index (χ2v) is 4.54. The molecule has 1 N–H and O–H groups in total. The van der Waals surface area contributed by atoms with Crippen LogP contribution < -0.4 is 5.32 Å².